The fourth-order valence-electron chi connectivity index (χ4n) is 5.25. The van der Waals surface area contributed by atoms with Crippen molar-refractivity contribution in [2.75, 3.05) is 72.5 Å². The summed E-state index contributed by atoms with van der Waals surface area (Å²) in [5, 5.41) is 11.5. The maximum Gasteiger partial charge on any atom is 0.311 e. The Kier molecular flexibility index (Phi) is 28.4. The summed E-state index contributed by atoms with van der Waals surface area (Å²) in [6.45, 7) is 5.52. The summed E-state index contributed by atoms with van der Waals surface area (Å²) in [6, 6.07) is 7.06. The molecule has 0 radical (unpaired) electrons. The van der Waals surface area contributed by atoms with E-state index in [1.54, 1.807) is 12.1 Å². The molecule has 0 saturated carbocycles. The van der Waals surface area contributed by atoms with Crippen molar-refractivity contribution in [1.29, 1.82) is 0 Å². The first-order chi connectivity index (χ1) is 27.1. The van der Waals surface area contributed by atoms with Gasteiger partial charge in [0.05, 0.1) is 13.2 Å². The van der Waals surface area contributed by atoms with Crippen molar-refractivity contribution in [3.63, 3.8) is 0 Å². The van der Waals surface area contributed by atoms with Gasteiger partial charge in [-0.3, -0.25) is 24.0 Å². The van der Waals surface area contributed by atoms with Crippen LogP contribution in [0.5, 0.6) is 5.75 Å². The SMILES string of the molecule is C#CCOCCCNC(=O)CCC(CCC(=O)NCCCOCCCOCC#C)(CCC(=O)NCCOCC#C)NC(=O)CCCC(=O)Oc1ccc(C)cc1. The van der Waals surface area contributed by atoms with E-state index in [2.05, 4.69) is 39.0 Å². The van der Waals surface area contributed by atoms with E-state index in [-0.39, 0.29) is 114 Å². The molecule has 4 amide bonds. The molecule has 0 saturated heterocycles. The minimum absolute atomic E-state index is 0.000830. The fourth-order valence-corrected chi connectivity index (χ4v) is 5.25. The number of ether oxygens (including phenoxy) is 5. The lowest BCUT2D eigenvalue weighted by molar-refractivity contribution is -0.135. The Labute approximate surface area is 332 Å². The number of nitrogens with one attached hydrogen (secondary N) is 4. The van der Waals surface area contributed by atoms with E-state index in [0.717, 1.165) is 5.56 Å². The predicted molar refractivity (Wildman–Crippen MR) is 212 cm³/mol. The van der Waals surface area contributed by atoms with Crippen LogP contribution in [0, 0.1) is 44.0 Å². The van der Waals surface area contributed by atoms with Gasteiger partial charge in [0.25, 0.3) is 0 Å². The van der Waals surface area contributed by atoms with Crippen LogP contribution in [-0.4, -0.2) is 108 Å². The van der Waals surface area contributed by atoms with E-state index in [1.807, 2.05) is 19.1 Å². The second-order valence-corrected chi connectivity index (χ2v) is 13.0. The van der Waals surface area contributed by atoms with Crippen LogP contribution in [0.3, 0.4) is 0 Å². The Hall–Kier alpha value is -4.91. The summed E-state index contributed by atoms with van der Waals surface area (Å²) in [4.78, 5) is 64.8. The molecule has 1 aromatic carbocycles. The number of esters is 1. The lowest BCUT2D eigenvalue weighted by Crippen LogP contribution is -2.50. The van der Waals surface area contributed by atoms with Gasteiger partial charge in [-0.05, 0) is 64.0 Å². The summed E-state index contributed by atoms with van der Waals surface area (Å²) in [5.74, 6) is 5.89. The average molecular weight is 781 g/mol. The van der Waals surface area contributed by atoms with Crippen LogP contribution in [0.25, 0.3) is 0 Å². The number of carbonyl (C=O) groups is 5. The molecular weight excluding hydrogens is 720 g/mol. The Morgan fingerprint density at radius 1 is 0.554 bits per heavy atom. The van der Waals surface area contributed by atoms with Crippen LogP contribution in [0.4, 0.5) is 0 Å². The Balaban J connectivity index is 2.94. The largest absolute Gasteiger partial charge is 0.427 e. The molecule has 14 nitrogen and oxygen atoms in total. The highest BCUT2D eigenvalue weighted by atomic mass is 16.5. The van der Waals surface area contributed by atoms with E-state index in [0.29, 0.717) is 64.5 Å². The quantitative estimate of drug-likeness (QED) is 0.0359. The number of terminal acetylenes is 3. The molecule has 56 heavy (non-hydrogen) atoms. The Morgan fingerprint density at radius 3 is 1.55 bits per heavy atom. The molecule has 308 valence electrons. The summed E-state index contributed by atoms with van der Waals surface area (Å²) in [6.07, 6.45) is 18.1. The van der Waals surface area contributed by atoms with Crippen LogP contribution < -0.4 is 26.0 Å². The topological polar surface area (TPSA) is 180 Å². The van der Waals surface area contributed by atoms with Crippen molar-refractivity contribution in [1.82, 2.24) is 21.3 Å². The normalized spacial score (nSPS) is 11.5. The number of aryl methyl sites for hydroxylation is 1. The number of amides is 4. The van der Waals surface area contributed by atoms with Crippen LogP contribution in [-0.2, 0) is 42.9 Å². The molecule has 0 bridgehead atoms. The molecule has 0 fully saturated rings. The molecular formula is C42H60N4O10. The van der Waals surface area contributed by atoms with Crippen molar-refractivity contribution in [2.24, 2.45) is 0 Å². The average Bonchev–Trinajstić information content (AvgIpc) is 3.18. The lowest BCUT2D eigenvalue weighted by Gasteiger charge is -2.35. The number of carbonyl (C=O) groups excluding carboxylic acids is 5. The Bertz CT molecular complexity index is 1430. The molecule has 1 rings (SSSR count). The Morgan fingerprint density at radius 2 is 1.02 bits per heavy atom. The van der Waals surface area contributed by atoms with Crippen molar-refractivity contribution >= 4 is 29.6 Å². The summed E-state index contributed by atoms with van der Waals surface area (Å²) in [5.41, 5.74) is -0.0799. The van der Waals surface area contributed by atoms with Gasteiger partial charge in [0.2, 0.25) is 23.6 Å². The third-order valence-corrected chi connectivity index (χ3v) is 8.21. The molecule has 1 unspecified atom stereocenters. The van der Waals surface area contributed by atoms with Gasteiger partial charge in [0, 0.05) is 77.1 Å². The first-order valence-electron chi connectivity index (χ1n) is 19.1. The molecule has 14 heteroatoms. The maximum atomic E-state index is 13.5. The minimum Gasteiger partial charge on any atom is -0.427 e. The molecule has 0 aliphatic carbocycles. The standard InChI is InChI=1S/C42H60N4O10/c1-5-27-52-30-9-24-43-37(47)18-21-42(23-20-39(49)45-26-34-54-29-7-3,22-19-38(48)44-25-10-31-55-33-11-32-53-28-6-2)46-40(50)12-8-13-41(51)56-36-16-14-35(4)15-17-36/h1-3,14-17H,8-13,18-34H2,4H3,(H,43,47)(H,44,48)(H,45,49)(H,46,50). The van der Waals surface area contributed by atoms with Gasteiger partial charge in [-0.2, -0.15) is 0 Å². The molecule has 0 aliphatic heterocycles. The van der Waals surface area contributed by atoms with E-state index >= 15 is 0 Å². The third-order valence-electron chi connectivity index (χ3n) is 8.21. The van der Waals surface area contributed by atoms with Gasteiger partial charge in [-0.1, -0.05) is 35.5 Å². The van der Waals surface area contributed by atoms with Gasteiger partial charge in [-0.15, -0.1) is 19.3 Å². The number of hydrogen-bond donors (Lipinski definition) is 4. The summed E-state index contributed by atoms with van der Waals surface area (Å²) < 4.78 is 26.6. The summed E-state index contributed by atoms with van der Waals surface area (Å²) in [7, 11) is 0. The first-order valence-corrected chi connectivity index (χ1v) is 19.1. The van der Waals surface area contributed by atoms with Gasteiger partial charge in [0.15, 0.2) is 0 Å². The second kappa shape index (κ2) is 32.3. The van der Waals surface area contributed by atoms with Gasteiger partial charge in [-0.25, -0.2) is 0 Å². The monoisotopic (exact) mass is 780 g/mol. The van der Waals surface area contributed by atoms with Crippen LogP contribution in [0.2, 0.25) is 0 Å². The zero-order valence-electron chi connectivity index (χ0n) is 32.9. The van der Waals surface area contributed by atoms with E-state index < -0.39 is 11.5 Å². The van der Waals surface area contributed by atoms with E-state index in [1.165, 1.54) is 0 Å². The zero-order chi connectivity index (χ0) is 41.1. The maximum absolute atomic E-state index is 13.5. The minimum atomic E-state index is -1.11. The third kappa shape index (κ3) is 26.8. The number of rotatable bonds is 33. The van der Waals surface area contributed by atoms with Crippen molar-refractivity contribution in [3.05, 3.63) is 29.8 Å². The highest BCUT2D eigenvalue weighted by molar-refractivity contribution is 5.80. The van der Waals surface area contributed by atoms with Crippen molar-refractivity contribution in [3.8, 4) is 42.8 Å². The van der Waals surface area contributed by atoms with Gasteiger partial charge < -0.3 is 45.0 Å². The van der Waals surface area contributed by atoms with Crippen LogP contribution in [0.1, 0.15) is 82.6 Å². The highest BCUT2D eigenvalue weighted by Gasteiger charge is 2.33. The van der Waals surface area contributed by atoms with E-state index in [4.69, 9.17) is 43.0 Å². The van der Waals surface area contributed by atoms with E-state index in [9.17, 15) is 24.0 Å². The molecule has 4 N–H and O–H groups in total. The zero-order valence-corrected chi connectivity index (χ0v) is 32.9. The smallest absolute Gasteiger partial charge is 0.311 e. The molecule has 1 atom stereocenters. The highest BCUT2D eigenvalue weighted by Crippen LogP contribution is 2.27. The van der Waals surface area contributed by atoms with Crippen LogP contribution in [0.15, 0.2) is 24.3 Å². The molecule has 0 aliphatic rings. The van der Waals surface area contributed by atoms with Crippen LogP contribution >= 0.6 is 0 Å². The lowest BCUT2D eigenvalue weighted by atomic mass is 9.82. The van der Waals surface area contributed by atoms with Gasteiger partial charge >= 0.3 is 5.97 Å². The fraction of sp³-hybridized carbons (Fsp3) is 0.595. The number of hydrogen-bond acceptors (Lipinski definition) is 10. The molecule has 1 aromatic rings. The van der Waals surface area contributed by atoms with Crippen molar-refractivity contribution in [2.45, 2.75) is 89.5 Å². The molecule has 0 heterocycles. The van der Waals surface area contributed by atoms with Gasteiger partial charge in [0.1, 0.15) is 25.6 Å². The predicted octanol–water partition coefficient (Wildman–Crippen LogP) is 2.75. The second-order valence-electron chi connectivity index (χ2n) is 13.0. The summed E-state index contributed by atoms with van der Waals surface area (Å²) >= 11 is 0. The van der Waals surface area contributed by atoms with Crippen molar-refractivity contribution < 1.29 is 47.7 Å². The number of benzene rings is 1. The first kappa shape index (κ1) is 49.1. The molecule has 0 aromatic heterocycles. The molecule has 0 spiro atoms.